The summed E-state index contributed by atoms with van der Waals surface area (Å²) in [7, 11) is 3.12. The Hall–Kier alpha value is -5.12. The molecular weight excluding hydrogens is 853 g/mol. The first-order valence-corrected chi connectivity index (χ1v) is 26.4. The van der Waals surface area contributed by atoms with Crippen molar-refractivity contribution in [3.63, 3.8) is 0 Å². The van der Waals surface area contributed by atoms with Crippen molar-refractivity contribution < 1.29 is 38.0 Å². The third-order valence-electron chi connectivity index (χ3n) is 12.0. The highest BCUT2D eigenvalue weighted by atomic mass is 16.5. The summed E-state index contributed by atoms with van der Waals surface area (Å²) in [6.45, 7) is 11.2. The van der Waals surface area contributed by atoms with Crippen LogP contribution in [0.5, 0.6) is 34.5 Å². The predicted octanol–water partition coefficient (Wildman–Crippen LogP) is 16.3. The van der Waals surface area contributed by atoms with Gasteiger partial charge in [0.1, 0.15) is 23.0 Å². The third-order valence-corrected chi connectivity index (χ3v) is 12.0. The number of methoxy groups -OCH3 is 2. The molecule has 0 aliphatic carbocycles. The average Bonchev–Trinajstić information content (AvgIpc) is 3.35. The number of unbranched alkanes of at least 4 members (excludes halogenated alkanes) is 20. The van der Waals surface area contributed by atoms with E-state index in [2.05, 4.69) is 38.3 Å². The Balaban J connectivity index is 1.83. The zero-order chi connectivity index (χ0) is 48.9. The molecule has 0 fully saturated rings. The second-order valence-electron chi connectivity index (χ2n) is 17.7. The highest BCUT2D eigenvalue weighted by Crippen LogP contribution is 2.38. The van der Waals surface area contributed by atoms with E-state index in [1.807, 2.05) is 24.3 Å². The van der Waals surface area contributed by atoms with E-state index in [4.69, 9.17) is 28.4 Å². The van der Waals surface area contributed by atoms with Crippen molar-refractivity contribution in [1.82, 2.24) is 0 Å². The molecule has 0 aliphatic heterocycles. The molecule has 0 radical (unpaired) electrons. The van der Waals surface area contributed by atoms with Crippen molar-refractivity contribution in [3.05, 3.63) is 84.2 Å². The minimum Gasteiger partial charge on any atom is -0.496 e. The lowest BCUT2D eigenvalue weighted by Gasteiger charge is -2.18. The number of nitrogens with one attached hydrogen (secondary N) is 2. The third kappa shape index (κ3) is 23.3. The van der Waals surface area contributed by atoms with Crippen molar-refractivity contribution in [2.45, 2.75) is 182 Å². The molecule has 0 amide bonds. The number of benzene rings is 3. The lowest BCUT2D eigenvalue weighted by molar-refractivity contribution is 0.103. The fourth-order valence-corrected chi connectivity index (χ4v) is 7.82. The maximum atomic E-state index is 13.6. The van der Waals surface area contributed by atoms with Crippen molar-refractivity contribution in [3.8, 4) is 34.5 Å². The predicted molar refractivity (Wildman–Crippen MR) is 282 cm³/mol. The Bertz CT molecular complexity index is 1760. The maximum absolute atomic E-state index is 13.6. The molecule has 2 N–H and O–H groups in total. The van der Waals surface area contributed by atoms with Gasteiger partial charge in [0, 0.05) is 48.8 Å². The van der Waals surface area contributed by atoms with E-state index < -0.39 is 0 Å². The second-order valence-corrected chi connectivity index (χ2v) is 17.7. The van der Waals surface area contributed by atoms with Gasteiger partial charge in [-0.25, -0.2) is 0 Å². The van der Waals surface area contributed by atoms with Crippen LogP contribution < -0.4 is 39.1 Å². The van der Waals surface area contributed by atoms with Crippen LogP contribution >= 0.6 is 0 Å². The molecule has 0 unspecified atom stereocenters. The molecule has 68 heavy (non-hydrogen) atoms. The van der Waals surface area contributed by atoms with Crippen LogP contribution in [0.3, 0.4) is 0 Å². The topological polar surface area (TPSA) is 114 Å². The van der Waals surface area contributed by atoms with Crippen molar-refractivity contribution in [1.29, 1.82) is 0 Å². The van der Waals surface area contributed by atoms with Crippen LogP contribution in [0.4, 0.5) is 11.4 Å². The molecule has 3 rings (SSSR count). The fraction of sp³-hybridized carbons (Fsp3) is 0.586. The Morgan fingerprint density at radius 1 is 0.397 bits per heavy atom. The van der Waals surface area contributed by atoms with E-state index in [1.54, 1.807) is 50.9 Å². The molecule has 0 saturated carbocycles. The number of hydrogen-bond donors (Lipinski definition) is 2. The number of anilines is 2. The van der Waals surface area contributed by atoms with E-state index >= 15 is 0 Å². The molecule has 0 saturated heterocycles. The van der Waals surface area contributed by atoms with E-state index in [0.29, 0.717) is 83.4 Å². The number of ketones is 2. The molecular formula is C58H88N2O8. The molecule has 0 bridgehead atoms. The molecule has 0 aliphatic rings. The number of hydrogen-bond acceptors (Lipinski definition) is 10. The summed E-state index contributed by atoms with van der Waals surface area (Å²) in [4.78, 5) is 27.2. The molecule has 0 atom stereocenters. The number of rotatable bonds is 42. The number of ether oxygens (including phenoxy) is 6. The van der Waals surface area contributed by atoms with Crippen LogP contribution in [0.1, 0.15) is 203 Å². The Morgan fingerprint density at radius 3 is 1.03 bits per heavy atom. The van der Waals surface area contributed by atoms with E-state index in [1.165, 1.54) is 115 Å². The molecule has 0 heterocycles. The van der Waals surface area contributed by atoms with Crippen LogP contribution in [-0.2, 0) is 0 Å². The molecule has 3 aromatic rings. The lowest BCUT2D eigenvalue weighted by Crippen LogP contribution is -2.06. The van der Waals surface area contributed by atoms with E-state index in [-0.39, 0.29) is 11.6 Å². The standard InChI is InChI=1S/C58H88N2O8/c1-7-11-15-19-23-27-39-65-47-31-33-49(55(43-47)63-5)53(61)35-37-59-51-45-57(67-41-29-25-21-17-13-9-3)58(68-42-30-26-22-18-14-10-4)46-52(51)60-38-36-54(62)50-34-32-48(44-56(50)64-6)66-40-28-24-20-16-12-8-2/h31-38,43-46,59-60H,7-30,39-42H2,1-6H3/b37-35+,38-36+. The van der Waals surface area contributed by atoms with Gasteiger partial charge in [-0.3, -0.25) is 9.59 Å². The maximum Gasteiger partial charge on any atom is 0.191 e. The van der Waals surface area contributed by atoms with Crippen LogP contribution in [0.25, 0.3) is 0 Å². The smallest absolute Gasteiger partial charge is 0.191 e. The fourth-order valence-electron chi connectivity index (χ4n) is 7.82. The summed E-state index contributed by atoms with van der Waals surface area (Å²) in [5, 5.41) is 6.63. The minimum absolute atomic E-state index is 0.233. The summed E-state index contributed by atoms with van der Waals surface area (Å²) in [6, 6.07) is 14.4. The second kappa shape index (κ2) is 36.9. The van der Waals surface area contributed by atoms with Gasteiger partial charge in [-0.15, -0.1) is 0 Å². The zero-order valence-corrected chi connectivity index (χ0v) is 43.0. The van der Waals surface area contributed by atoms with Gasteiger partial charge in [0.05, 0.1) is 63.1 Å². The van der Waals surface area contributed by atoms with Crippen molar-refractivity contribution in [2.24, 2.45) is 0 Å². The SMILES string of the molecule is CCCCCCCCOc1ccc(C(=O)/C=C/Nc2cc(OCCCCCCCC)c(OCCCCCCCC)cc2N/C=C/C(=O)c2ccc(OCCCCCCCC)cc2OC)c(OC)c1. The Labute approximate surface area is 411 Å². The summed E-state index contributed by atoms with van der Waals surface area (Å²) < 4.78 is 36.1. The first-order chi connectivity index (χ1) is 33.4. The normalized spacial score (nSPS) is 11.3. The quantitative estimate of drug-likeness (QED) is 0.0323. The number of carbonyl (C=O) groups excluding carboxylic acids is 2. The van der Waals surface area contributed by atoms with E-state index in [0.717, 1.165) is 51.4 Å². The van der Waals surface area contributed by atoms with Crippen LogP contribution in [0, 0.1) is 0 Å². The number of carbonyl (C=O) groups is 2. The Kier molecular flexibility index (Phi) is 31.0. The van der Waals surface area contributed by atoms with Crippen molar-refractivity contribution in [2.75, 3.05) is 51.3 Å². The largest absolute Gasteiger partial charge is 0.496 e. The van der Waals surface area contributed by atoms with Gasteiger partial charge in [0.2, 0.25) is 0 Å². The van der Waals surface area contributed by atoms with E-state index in [9.17, 15) is 9.59 Å². The van der Waals surface area contributed by atoms with Gasteiger partial charge in [0.15, 0.2) is 23.1 Å². The van der Waals surface area contributed by atoms with Crippen molar-refractivity contribution >= 4 is 22.9 Å². The highest BCUT2D eigenvalue weighted by Gasteiger charge is 2.16. The Morgan fingerprint density at radius 2 is 0.706 bits per heavy atom. The van der Waals surface area contributed by atoms with Gasteiger partial charge in [-0.1, -0.05) is 156 Å². The first kappa shape index (κ1) is 57.2. The molecule has 0 spiro atoms. The number of allylic oxidation sites excluding steroid dienone is 2. The molecule has 0 aromatic heterocycles. The van der Waals surface area contributed by atoms with Gasteiger partial charge in [0.25, 0.3) is 0 Å². The first-order valence-electron chi connectivity index (χ1n) is 26.4. The lowest BCUT2D eigenvalue weighted by atomic mass is 10.1. The zero-order valence-electron chi connectivity index (χ0n) is 43.0. The molecule has 3 aromatic carbocycles. The summed E-state index contributed by atoms with van der Waals surface area (Å²) in [6.07, 6.45) is 34.1. The summed E-state index contributed by atoms with van der Waals surface area (Å²) in [5.74, 6) is 2.99. The van der Waals surface area contributed by atoms with Gasteiger partial charge < -0.3 is 39.1 Å². The van der Waals surface area contributed by atoms with Gasteiger partial charge >= 0.3 is 0 Å². The highest BCUT2D eigenvalue weighted by molar-refractivity contribution is 6.07. The van der Waals surface area contributed by atoms with Gasteiger partial charge in [-0.2, -0.15) is 0 Å². The van der Waals surface area contributed by atoms with Crippen LogP contribution in [0.15, 0.2) is 73.1 Å². The minimum atomic E-state index is -0.233. The molecule has 10 heteroatoms. The molecule has 10 nitrogen and oxygen atoms in total. The average molecular weight is 941 g/mol. The van der Waals surface area contributed by atoms with Gasteiger partial charge in [-0.05, 0) is 49.9 Å². The van der Waals surface area contributed by atoms with Crippen LogP contribution in [0.2, 0.25) is 0 Å². The summed E-state index contributed by atoms with van der Waals surface area (Å²) in [5.41, 5.74) is 2.11. The monoisotopic (exact) mass is 941 g/mol. The summed E-state index contributed by atoms with van der Waals surface area (Å²) >= 11 is 0. The molecule has 378 valence electrons. The van der Waals surface area contributed by atoms with Crippen LogP contribution in [-0.4, -0.2) is 52.2 Å².